The van der Waals surface area contributed by atoms with Gasteiger partial charge in [-0.3, -0.25) is 9.59 Å². The number of amides is 2. The van der Waals surface area contributed by atoms with E-state index >= 15 is 0 Å². The number of carboxylic acid groups (broad SMARTS) is 1. The first-order valence-corrected chi connectivity index (χ1v) is 11.6. The molecule has 4 atom stereocenters. The maximum absolute atomic E-state index is 13.4. The Balaban J connectivity index is 2.13. The van der Waals surface area contributed by atoms with Gasteiger partial charge in [0.1, 0.15) is 11.8 Å². The number of aliphatic hydroxyl groups is 1. The van der Waals surface area contributed by atoms with Gasteiger partial charge in [-0.15, -0.1) is 0 Å². The van der Waals surface area contributed by atoms with Crippen molar-refractivity contribution in [2.75, 3.05) is 13.6 Å². The molecule has 2 aromatic carbocycles. The zero-order valence-corrected chi connectivity index (χ0v) is 20.3. The van der Waals surface area contributed by atoms with Crippen LogP contribution in [0.5, 0.6) is 5.75 Å². The number of rotatable bonds is 4. The Bertz CT molecular complexity index is 1150. The topological polar surface area (TPSA) is 188 Å². The Morgan fingerprint density at radius 1 is 1.19 bits per heavy atom. The van der Waals surface area contributed by atoms with Gasteiger partial charge in [0.2, 0.25) is 11.8 Å². The van der Waals surface area contributed by atoms with Crippen molar-refractivity contribution in [1.82, 2.24) is 10.2 Å². The number of fused-ring (bicyclic) bond motifs is 5. The predicted molar refractivity (Wildman–Crippen MR) is 131 cm³/mol. The molecule has 0 aromatic heterocycles. The van der Waals surface area contributed by atoms with Crippen molar-refractivity contribution in [3.63, 3.8) is 0 Å². The second-order valence-corrected chi connectivity index (χ2v) is 9.05. The number of halogens is 1. The van der Waals surface area contributed by atoms with Crippen LogP contribution < -0.4 is 16.8 Å². The molecular formula is C24H29ClN4O7. The van der Waals surface area contributed by atoms with Crippen molar-refractivity contribution >= 4 is 29.6 Å². The molecule has 1 aliphatic heterocycles. The lowest BCUT2D eigenvalue weighted by Crippen LogP contribution is -2.56. The van der Waals surface area contributed by atoms with E-state index in [1.807, 2.05) is 0 Å². The molecule has 8 N–H and O–H groups in total. The third-order valence-electron chi connectivity index (χ3n) is 6.04. The quantitative estimate of drug-likeness (QED) is 0.317. The third kappa shape index (κ3) is 6.43. The van der Waals surface area contributed by atoms with Gasteiger partial charge in [0, 0.05) is 37.9 Å². The largest absolute Gasteiger partial charge is 0.508 e. The Morgan fingerprint density at radius 2 is 1.83 bits per heavy atom. The van der Waals surface area contributed by atoms with Gasteiger partial charge < -0.3 is 41.7 Å². The van der Waals surface area contributed by atoms with E-state index in [4.69, 9.17) is 27.8 Å². The highest BCUT2D eigenvalue weighted by atomic mass is 35.5. The molecule has 4 bridgehead atoms. The zero-order chi connectivity index (χ0) is 26.6. The van der Waals surface area contributed by atoms with Crippen LogP contribution >= 0.6 is 11.6 Å². The minimum absolute atomic E-state index is 0.0348. The van der Waals surface area contributed by atoms with Crippen LogP contribution in [0, 0.1) is 0 Å². The molecule has 2 amide bonds. The van der Waals surface area contributed by atoms with Crippen molar-refractivity contribution in [1.29, 1.82) is 0 Å². The predicted octanol–water partition coefficient (Wildman–Crippen LogP) is 0.812. The molecule has 11 nitrogen and oxygen atoms in total. The van der Waals surface area contributed by atoms with Crippen molar-refractivity contribution in [3.8, 4) is 16.9 Å². The van der Waals surface area contributed by atoms with Crippen LogP contribution in [0.4, 0.5) is 4.79 Å². The Morgan fingerprint density at radius 3 is 2.47 bits per heavy atom. The summed E-state index contributed by atoms with van der Waals surface area (Å²) in [5.41, 5.74) is 13.9. The first kappa shape index (κ1) is 27.2. The number of nitrogens with one attached hydrogen (secondary N) is 1. The number of nitrogens with two attached hydrogens (primary N) is 2. The van der Waals surface area contributed by atoms with Crippen LogP contribution in [0.3, 0.4) is 0 Å². The number of hydrogen-bond acceptors (Lipinski definition) is 8. The second-order valence-electron chi connectivity index (χ2n) is 8.64. The Hall–Kier alpha value is -3.38. The van der Waals surface area contributed by atoms with Crippen LogP contribution in [-0.2, 0) is 27.2 Å². The summed E-state index contributed by atoms with van der Waals surface area (Å²) in [5.74, 6) is -1.48. The van der Waals surface area contributed by atoms with Crippen LogP contribution in [-0.4, -0.2) is 76.2 Å². The van der Waals surface area contributed by atoms with E-state index in [0.717, 1.165) is 4.90 Å². The van der Waals surface area contributed by atoms with E-state index in [1.54, 1.807) is 30.3 Å². The number of ether oxygens (including phenoxy) is 1. The molecule has 0 aliphatic carbocycles. The van der Waals surface area contributed by atoms with Crippen LogP contribution in [0.2, 0.25) is 5.02 Å². The van der Waals surface area contributed by atoms with E-state index in [0.29, 0.717) is 27.3 Å². The van der Waals surface area contributed by atoms with E-state index < -0.39 is 42.4 Å². The molecule has 36 heavy (non-hydrogen) atoms. The van der Waals surface area contributed by atoms with E-state index in [9.17, 15) is 29.7 Å². The van der Waals surface area contributed by atoms with E-state index in [2.05, 4.69) is 5.32 Å². The summed E-state index contributed by atoms with van der Waals surface area (Å²) in [6, 6.07) is 7.54. The van der Waals surface area contributed by atoms with Crippen molar-refractivity contribution in [2.24, 2.45) is 11.5 Å². The van der Waals surface area contributed by atoms with Gasteiger partial charge in [-0.25, -0.2) is 4.79 Å². The van der Waals surface area contributed by atoms with Crippen molar-refractivity contribution < 1.29 is 34.4 Å². The van der Waals surface area contributed by atoms with Gasteiger partial charge in [0.25, 0.3) is 0 Å². The fraction of sp³-hybridized carbons (Fsp3) is 0.375. The third-order valence-corrected chi connectivity index (χ3v) is 6.41. The molecule has 0 radical (unpaired) electrons. The summed E-state index contributed by atoms with van der Waals surface area (Å²) in [6.45, 7) is -0.173. The van der Waals surface area contributed by atoms with Crippen molar-refractivity contribution in [3.05, 3.63) is 52.5 Å². The second kappa shape index (κ2) is 11.6. The summed E-state index contributed by atoms with van der Waals surface area (Å²) in [7, 11) is 1.32. The minimum atomic E-state index is -1.61. The molecule has 3 rings (SSSR count). The number of phenolic OH excluding ortho intramolecular Hbond substituents is 1. The van der Waals surface area contributed by atoms with Gasteiger partial charge >= 0.3 is 6.16 Å². The molecule has 1 heterocycles. The number of nitrogens with zero attached hydrogens (tertiary/aromatic N) is 1. The number of aromatic hydroxyl groups is 1. The maximum Gasteiger partial charge on any atom is 0.507 e. The molecule has 12 heteroatoms. The highest BCUT2D eigenvalue weighted by Gasteiger charge is 2.33. The van der Waals surface area contributed by atoms with Gasteiger partial charge in [-0.05, 0) is 46.5 Å². The number of phenols is 1. The minimum Gasteiger partial charge on any atom is -0.508 e. The fourth-order valence-corrected chi connectivity index (χ4v) is 4.18. The summed E-state index contributed by atoms with van der Waals surface area (Å²) < 4.78 is 5.00. The summed E-state index contributed by atoms with van der Waals surface area (Å²) in [6.07, 6.45) is -4.41. The molecule has 0 fully saturated rings. The number of benzene rings is 2. The summed E-state index contributed by atoms with van der Waals surface area (Å²) >= 11 is 6.39. The first-order valence-electron chi connectivity index (χ1n) is 11.2. The highest BCUT2D eigenvalue weighted by molar-refractivity contribution is 6.31. The Kier molecular flexibility index (Phi) is 8.75. The standard InChI is InChI=1S/C24H29ClN4O7/c1-29-21(36-24(34)35)9-14-6-12(2-4-17(14)25)13-3-5-20(31)15(7-13)8-18(27)22(32)28-19(23(29)33)10-16(30)11-26/h2-7,16,18-19,21,30-31H,8-11,26-27H2,1H3,(H,28,32)(H,34,35)/t16-,18+,19+,21+/m1/s1. The lowest BCUT2D eigenvalue weighted by Gasteiger charge is -2.31. The number of aliphatic hydroxyl groups excluding tert-OH is 1. The van der Waals surface area contributed by atoms with Gasteiger partial charge in [0.05, 0.1) is 12.1 Å². The first-order chi connectivity index (χ1) is 17.0. The molecule has 1 aliphatic rings. The number of likely N-dealkylation sites (N-methyl/N-ethyl adjacent to an activating group) is 1. The molecule has 0 spiro atoms. The molecule has 0 unspecified atom stereocenters. The lowest BCUT2D eigenvalue weighted by molar-refractivity contribution is -0.145. The smallest absolute Gasteiger partial charge is 0.507 e. The molecule has 194 valence electrons. The van der Waals surface area contributed by atoms with Crippen LogP contribution in [0.25, 0.3) is 11.1 Å². The Labute approximate surface area is 212 Å². The number of carbonyl (C=O) groups excluding carboxylic acids is 2. The number of hydrogen-bond donors (Lipinski definition) is 6. The average Bonchev–Trinajstić information content (AvgIpc) is 2.83. The summed E-state index contributed by atoms with van der Waals surface area (Å²) in [5, 5.41) is 32.6. The van der Waals surface area contributed by atoms with Crippen LogP contribution in [0.1, 0.15) is 17.5 Å². The van der Waals surface area contributed by atoms with Crippen molar-refractivity contribution in [2.45, 2.75) is 43.7 Å². The summed E-state index contributed by atoms with van der Waals surface area (Å²) in [4.78, 5) is 38.7. The SMILES string of the molecule is CN1C(=O)[C@H](C[C@@H](O)CN)NC(=O)[C@@H](N)Cc2cc(ccc2O)-c2ccc(Cl)c(c2)C[C@@H]1OC(=O)O. The molecule has 0 saturated heterocycles. The highest BCUT2D eigenvalue weighted by Crippen LogP contribution is 2.31. The van der Waals surface area contributed by atoms with Gasteiger partial charge in [-0.1, -0.05) is 23.7 Å². The van der Waals surface area contributed by atoms with Crippen LogP contribution in [0.15, 0.2) is 36.4 Å². The maximum atomic E-state index is 13.4. The van der Waals surface area contributed by atoms with E-state index in [1.165, 1.54) is 13.1 Å². The molecular weight excluding hydrogens is 492 g/mol. The average molecular weight is 521 g/mol. The lowest BCUT2D eigenvalue weighted by atomic mass is 9.96. The fourth-order valence-electron chi connectivity index (χ4n) is 3.99. The normalized spacial score (nSPS) is 21.7. The number of carbonyl (C=O) groups is 3. The monoisotopic (exact) mass is 520 g/mol. The molecule has 2 aromatic rings. The van der Waals surface area contributed by atoms with E-state index in [-0.39, 0.29) is 31.6 Å². The molecule has 0 saturated carbocycles. The van der Waals surface area contributed by atoms with Gasteiger partial charge in [0.15, 0.2) is 6.23 Å². The van der Waals surface area contributed by atoms with Gasteiger partial charge in [-0.2, -0.15) is 0 Å². The zero-order valence-electron chi connectivity index (χ0n) is 19.6.